The first-order chi connectivity index (χ1) is 10.0. The Labute approximate surface area is 126 Å². The number of carbonyl (C=O) groups excluding carboxylic acids is 1. The van der Waals surface area contributed by atoms with Crippen LogP contribution in [0.15, 0.2) is 24.3 Å². The fraction of sp³-hybridized carbons (Fsp3) is 0.533. The molecule has 1 heterocycles. The number of carbonyl (C=O) groups is 1. The van der Waals surface area contributed by atoms with Gasteiger partial charge in [-0.15, -0.1) is 0 Å². The van der Waals surface area contributed by atoms with Crippen molar-refractivity contribution in [1.29, 1.82) is 0 Å². The number of hydrogen-bond donors (Lipinski definition) is 2. The van der Waals surface area contributed by atoms with E-state index < -0.39 is 21.0 Å². The van der Waals surface area contributed by atoms with Crippen molar-refractivity contribution in [3.05, 3.63) is 29.8 Å². The van der Waals surface area contributed by atoms with Gasteiger partial charge in [0.05, 0.1) is 5.75 Å². The van der Waals surface area contributed by atoms with Crippen LogP contribution in [0.4, 0.5) is 5.69 Å². The quantitative estimate of drug-likeness (QED) is 0.868. The van der Waals surface area contributed by atoms with Gasteiger partial charge in [0.2, 0.25) is 5.91 Å². The molecule has 6 heteroatoms. The molecule has 1 atom stereocenters. The maximum absolute atomic E-state index is 12.1. The molecule has 0 saturated carbocycles. The normalized spacial score (nSPS) is 20.9. The first-order valence-corrected chi connectivity index (χ1v) is 9.06. The van der Waals surface area contributed by atoms with Crippen molar-refractivity contribution < 1.29 is 13.2 Å². The van der Waals surface area contributed by atoms with Gasteiger partial charge in [-0.25, -0.2) is 8.42 Å². The van der Waals surface area contributed by atoms with E-state index in [0.717, 1.165) is 25.1 Å². The van der Waals surface area contributed by atoms with Crippen LogP contribution in [0.25, 0.3) is 0 Å². The standard InChI is InChI=1S/C15H22N2O3S/c1-2-16-11-12-6-8-13(9-7-12)17-15(18)14-5-3-4-10-21(14,19)20/h6-9,14,16H,2-5,10-11H2,1H3,(H,17,18). The number of nitrogens with one attached hydrogen (secondary N) is 2. The monoisotopic (exact) mass is 310 g/mol. The molecule has 1 aliphatic rings. The van der Waals surface area contributed by atoms with E-state index in [1.165, 1.54) is 0 Å². The summed E-state index contributed by atoms with van der Waals surface area (Å²) in [5, 5.41) is 5.04. The van der Waals surface area contributed by atoms with E-state index in [4.69, 9.17) is 0 Å². The second-order valence-corrected chi connectivity index (χ2v) is 7.62. The topological polar surface area (TPSA) is 75.3 Å². The summed E-state index contributed by atoms with van der Waals surface area (Å²) >= 11 is 0. The van der Waals surface area contributed by atoms with Crippen molar-refractivity contribution in [3.63, 3.8) is 0 Å². The van der Waals surface area contributed by atoms with Crippen LogP contribution in [0.2, 0.25) is 0 Å². The summed E-state index contributed by atoms with van der Waals surface area (Å²) in [6, 6.07) is 7.46. The van der Waals surface area contributed by atoms with Crippen molar-refractivity contribution in [2.45, 2.75) is 38.0 Å². The van der Waals surface area contributed by atoms with Crippen LogP contribution in [0.5, 0.6) is 0 Å². The minimum atomic E-state index is -3.29. The number of benzene rings is 1. The van der Waals surface area contributed by atoms with Gasteiger partial charge in [0, 0.05) is 12.2 Å². The summed E-state index contributed by atoms with van der Waals surface area (Å²) in [4.78, 5) is 12.1. The van der Waals surface area contributed by atoms with Gasteiger partial charge in [-0.1, -0.05) is 25.5 Å². The van der Waals surface area contributed by atoms with Gasteiger partial charge in [0.25, 0.3) is 0 Å². The molecule has 1 unspecified atom stereocenters. The third kappa shape index (κ3) is 4.28. The maximum atomic E-state index is 12.1. The van der Waals surface area contributed by atoms with E-state index in [2.05, 4.69) is 10.6 Å². The minimum Gasteiger partial charge on any atom is -0.325 e. The van der Waals surface area contributed by atoms with Gasteiger partial charge in [-0.3, -0.25) is 4.79 Å². The molecule has 2 N–H and O–H groups in total. The van der Waals surface area contributed by atoms with Gasteiger partial charge < -0.3 is 10.6 Å². The molecule has 1 aliphatic heterocycles. The van der Waals surface area contributed by atoms with Crippen LogP contribution in [0, 0.1) is 0 Å². The number of amides is 1. The molecule has 1 saturated heterocycles. The number of rotatable bonds is 5. The molecule has 5 nitrogen and oxygen atoms in total. The van der Waals surface area contributed by atoms with Crippen molar-refractivity contribution in [2.24, 2.45) is 0 Å². The molecule has 1 amide bonds. The Morgan fingerprint density at radius 1 is 1.24 bits per heavy atom. The lowest BCUT2D eigenvalue weighted by molar-refractivity contribution is -0.116. The molecule has 0 aromatic heterocycles. The van der Waals surface area contributed by atoms with E-state index in [1.54, 1.807) is 12.1 Å². The molecular formula is C15H22N2O3S. The van der Waals surface area contributed by atoms with Gasteiger partial charge >= 0.3 is 0 Å². The fourth-order valence-corrected chi connectivity index (χ4v) is 4.25. The van der Waals surface area contributed by atoms with Crippen LogP contribution in [-0.2, 0) is 21.2 Å². The fourth-order valence-electron chi connectivity index (χ4n) is 2.45. The van der Waals surface area contributed by atoms with E-state index in [0.29, 0.717) is 18.5 Å². The Morgan fingerprint density at radius 3 is 2.57 bits per heavy atom. The predicted octanol–water partition coefficient (Wildman–Crippen LogP) is 1.70. The van der Waals surface area contributed by atoms with Crippen LogP contribution in [0.1, 0.15) is 31.7 Å². The summed E-state index contributed by atoms with van der Waals surface area (Å²) in [6.07, 6.45) is 1.87. The zero-order valence-corrected chi connectivity index (χ0v) is 13.1. The SMILES string of the molecule is CCNCc1ccc(NC(=O)C2CCCCS2(=O)=O)cc1. The average Bonchev–Trinajstić information content (AvgIpc) is 2.46. The molecule has 21 heavy (non-hydrogen) atoms. The smallest absolute Gasteiger partial charge is 0.242 e. The Bertz CT molecular complexity index is 581. The van der Waals surface area contributed by atoms with Gasteiger partial charge in [-0.2, -0.15) is 0 Å². The lowest BCUT2D eigenvalue weighted by atomic mass is 10.1. The van der Waals surface area contributed by atoms with Crippen LogP contribution in [0.3, 0.4) is 0 Å². The van der Waals surface area contributed by atoms with E-state index in [1.807, 2.05) is 19.1 Å². The minimum absolute atomic E-state index is 0.118. The van der Waals surface area contributed by atoms with Gasteiger partial charge in [0.15, 0.2) is 9.84 Å². The highest BCUT2D eigenvalue weighted by molar-refractivity contribution is 7.92. The molecule has 116 valence electrons. The Kier molecular flexibility index (Phi) is 5.36. The molecule has 2 rings (SSSR count). The Morgan fingerprint density at radius 2 is 1.95 bits per heavy atom. The highest BCUT2D eigenvalue weighted by Crippen LogP contribution is 2.21. The molecule has 0 aliphatic carbocycles. The summed E-state index contributed by atoms with van der Waals surface area (Å²) in [5.41, 5.74) is 1.76. The third-order valence-corrected chi connectivity index (χ3v) is 5.85. The first kappa shape index (κ1) is 16.0. The molecule has 0 spiro atoms. The second kappa shape index (κ2) is 7.04. The molecule has 0 radical (unpaired) electrons. The second-order valence-electron chi connectivity index (χ2n) is 5.32. The first-order valence-electron chi connectivity index (χ1n) is 7.35. The molecular weight excluding hydrogens is 288 g/mol. The summed E-state index contributed by atoms with van der Waals surface area (Å²) in [5.74, 6) is -0.290. The largest absolute Gasteiger partial charge is 0.325 e. The Balaban J connectivity index is 1.99. The lowest BCUT2D eigenvalue weighted by Crippen LogP contribution is -2.39. The summed E-state index contributed by atoms with van der Waals surface area (Å²) in [7, 11) is -3.29. The van der Waals surface area contributed by atoms with Crippen molar-refractivity contribution >= 4 is 21.4 Å². The molecule has 1 aromatic carbocycles. The van der Waals surface area contributed by atoms with Gasteiger partial charge in [-0.05, 0) is 37.1 Å². The third-order valence-electron chi connectivity index (χ3n) is 3.67. The Hall–Kier alpha value is -1.40. The summed E-state index contributed by atoms with van der Waals surface area (Å²) < 4.78 is 23.8. The van der Waals surface area contributed by atoms with E-state index >= 15 is 0 Å². The number of anilines is 1. The highest BCUT2D eigenvalue weighted by atomic mass is 32.2. The predicted molar refractivity (Wildman–Crippen MR) is 83.9 cm³/mol. The molecule has 0 bridgehead atoms. The van der Waals surface area contributed by atoms with Crippen LogP contribution in [-0.4, -0.2) is 31.9 Å². The zero-order chi connectivity index (χ0) is 15.3. The lowest BCUT2D eigenvalue weighted by Gasteiger charge is -2.21. The molecule has 1 aromatic rings. The molecule has 1 fully saturated rings. The van der Waals surface area contributed by atoms with Crippen LogP contribution < -0.4 is 10.6 Å². The highest BCUT2D eigenvalue weighted by Gasteiger charge is 2.34. The number of sulfone groups is 1. The van der Waals surface area contributed by atoms with Crippen molar-refractivity contribution in [1.82, 2.24) is 5.32 Å². The average molecular weight is 310 g/mol. The van der Waals surface area contributed by atoms with Crippen LogP contribution >= 0.6 is 0 Å². The maximum Gasteiger partial charge on any atom is 0.242 e. The van der Waals surface area contributed by atoms with E-state index in [-0.39, 0.29) is 5.75 Å². The van der Waals surface area contributed by atoms with Crippen molar-refractivity contribution in [2.75, 3.05) is 17.6 Å². The summed E-state index contributed by atoms with van der Waals surface area (Å²) in [6.45, 7) is 3.72. The van der Waals surface area contributed by atoms with Gasteiger partial charge in [0.1, 0.15) is 5.25 Å². The number of hydrogen-bond acceptors (Lipinski definition) is 4. The van der Waals surface area contributed by atoms with E-state index in [9.17, 15) is 13.2 Å². The van der Waals surface area contributed by atoms with Crippen molar-refractivity contribution in [3.8, 4) is 0 Å². The zero-order valence-electron chi connectivity index (χ0n) is 12.3.